The standard InChI is InChI=1S/C19H29N3O3/c1-5-25-16-13-15(19(16,2)3)21(4)18(23)14-7-6-8-20-17(14)22-9-11-24-12-10-22/h6-8,15-16H,5,9-13H2,1-4H3/t15-,16-/m1/s1. The Bertz CT molecular complexity index is 614. The lowest BCUT2D eigenvalue weighted by atomic mass is 9.63. The van der Waals surface area contributed by atoms with Crippen LogP contribution in [0.25, 0.3) is 0 Å². The van der Waals surface area contributed by atoms with Crippen molar-refractivity contribution >= 4 is 11.7 Å². The first-order valence-corrected chi connectivity index (χ1v) is 9.13. The van der Waals surface area contributed by atoms with Gasteiger partial charge in [-0.3, -0.25) is 4.79 Å². The fourth-order valence-corrected chi connectivity index (χ4v) is 3.93. The summed E-state index contributed by atoms with van der Waals surface area (Å²) in [6, 6.07) is 3.89. The van der Waals surface area contributed by atoms with Crippen LogP contribution in [0, 0.1) is 5.41 Å². The van der Waals surface area contributed by atoms with Crippen molar-refractivity contribution in [3.63, 3.8) is 0 Å². The van der Waals surface area contributed by atoms with E-state index in [-0.39, 0.29) is 23.5 Å². The van der Waals surface area contributed by atoms with Crippen LogP contribution >= 0.6 is 0 Å². The van der Waals surface area contributed by atoms with Gasteiger partial charge >= 0.3 is 0 Å². The number of ether oxygens (including phenoxy) is 2. The third-order valence-corrected chi connectivity index (χ3v) is 5.61. The molecule has 2 atom stereocenters. The van der Waals surface area contributed by atoms with Crippen LogP contribution in [0.5, 0.6) is 0 Å². The minimum Gasteiger partial charge on any atom is -0.378 e. The lowest BCUT2D eigenvalue weighted by Gasteiger charge is -2.54. The Labute approximate surface area is 150 Å². The largest absolute Gasteiger partial charge is 0.378 e. The highest BCUT2D eigenvalue weighted by atomic mass is 16.5. The molecule has 1 saturated heterocycles. The number of pyridine rings is 1. The zero-order valence-electron chi connectivity index (χ0n) is 15.7. The van der Waals surface area contributed by atoms with E-state index in [0.717, 1.165) is 25.3 Å². The van der Waals surface area contributed by atoms with E-state index in [1.807, 2.05) is 31.0 Å². The molecule has 6 heteroatoms. The van der Waals surface area contributed by atoms with Crippen LogP contribution in [0.15, 0.2) is 18.3 Å². The van der Waals surface area contributed by atoms with Gasteiger partial charge < -0.3 is 19.3 Å². The predicted octanol–water partition coefficient (Wildman–Crippen LogP) is 2.19. The monoisotopic (exact) mass is 347 g/mol. The molecule has 6 nitrogen and oxygen atoms in total. The van der Waals surface area contributed by atoms with Gasteiger partial charge in [-0.1, -0.05) is 13.8 Å². The maximum Gasteiger partial charge on any atom is 0.257 e. The molecule has 3 rings (SSSR count). The second kappa shape index (κ2) is 7.30. The number of anilines is 1. The van der Waals surface area contributed by atoms with E-state index in [9.17, 15) is 4.79 Å². The van der Waals surface area contributed by atoms with Crippen molar-refractivity contribution < 1.29 is 14.3 Å². The van der Waals surface area contributed by atoms with Gasteiger partial charge in [-0.15, -0.1) is 0 Å². The number of morpholine rings is 1. The molecule has 25 heavy (non-hydrogen) atoms. The molecule has 0 aromatic carbocycles. The SMILES string of the molecule is CCO[C@@H]1C[C@@H](N(C)C(=O)c2cccnc2N2CCOCC2)C1(C)C. The molecule has 1 aromatic rings. The molecule has 0 radical (unpaired) electrons. The van der Waals surface area contributed by atoms with Crippen LogP contribution in [0.1, 0.15) is 37.6 Å². The van der Waals surface area contributed by atoms with Gasteiger partial charge in [0.15, 0.2) is 0 Å². The maximum absolute atomic E-state index is 13.2. The summed E-state index contributed by atoms with van der Waals surface area (Å²) in [5.41, 5.74) is 0.629. The van der Waals surface area contributed by atoms with Crippen molar-refractivity contribution in [2.45, 2.75) is 39.3 Å². The number of aromatic nitrogens is 1. The molecule has 1 aliphatic heterocycles. The van der Waals surface area contributed by atoms with Crippen molar-refractivity contribution in [1.82, 2.24) is 9.88 Å². The highest BCUT2D eigenvalue weighted by Crippen LogP contribution is 2.45. The Hall–Kier alpha value is -1.66. The Morgan fingerprint density at radius 3 is 2.80 bits per heavy atom. The van der Waals surface area contributed by atoms with Crippen LogP contribution in [-0.4, -0.2) is 67.9 Å². The molecule has 2 heterocycles. The van der Waals surface area contributed by atoms with Gasteiger partial charge in [0.2, 0.25) is 0 Å². The van der Waals surface area contributed by atoms with Crippen molar-refractivity contribution in [3.8, 4) is 0 Å². The number of carbonyl (C=O) groups excluding carboxylic acids is 1. The summed E-state index contributed by atoms with van der Waals surface area (Å²) < 4.78 is 11.2. The van der Waals surface area contributed by atoms with Crippen molar-refractivity contribution in [3.05, 3.63) is 23.9 Å². The molecule has 138 valence electrons. The molecular formula is C19H29N3O3. The maximum atomic E-state index is 13.2. The van der Waals surface area contributed by atoms with Crippen LogP contribution in [0.4, 0.5) is 5.82 Å². The molecule has 0 bridgehead atoms. The Balaban J connectivity index is 1.77. The quantitative estimate of drug-likeness (QED) is 0.817. The van der Waals surface area contributed by atoms with Gasteiger partial charge in [-0.05, 0) is 25.5 Å². The minimum atomic E-state index is -0.0399. The summed E-state index contributed by atoms with van der Waals surface area (Å²) in [6.07, 6.45) is 2.85. The smallest absolute Gasteiger partial charge is 0.257 e. The first-order valence-electron chi connectivity index (χ1n) is 9.13. The lowest BCUT2D eigenvalue weighted by Crippen LogP contribution is -2.62. The van der Waals surface area contributed by atoms with Crippen LogP contribution in [-0.2, 0) is 9.47 Å². The normalized spacial score (nSPS) is 25.4. The highest BCUT2D eigenvalue weighted by molar-refractivity contribution is 5.99. The van der Waals surface area contributed by atoms with E-state index < -0.39 is 0 Å². The Morgan fingerprint density at radius 1 is 1.44 bits per heavy atom. The third-order valence-electron chi connectivity index (χ3n) is 5.61. The number of carbonyl (C=O) groups is 1. The van der Waals surface area contributed by atoms with Gasteiger partial charge in [0, 0.05) is 44.4 Å². The molecule has 1 aliphatic carbocycles. The summed E-state index contributed by atoms with van der Waals surface area (Å²) in [5, 5.41) is 0. The molecule has 1 aromatic heterocycles. The second-order valence-corrected chi connectivity index (χ2v) is 7.41. The molecule has 0 unspecified atom stereocenters. The summed E-state index contributed by atoms with van der Waals surface area (Å²) in [6.45, 7) is 9.96. The Kier molecular flexibility index (Phi) is 5.29. The average Bonchev–Trinajstić information content (AvgIpc) is 2.64. The minimum absolute atomic E-state index is 0.0302. The van der Waals surface area contributed by atoms with Crippen molar-refractivity contribution in [1.29, 1.82) is 0 Å². The fraction of sp³-hybridized carbons (Fsp3) is 0.684. The average molecular weight is 347 g/mol. The third kappa shape index (κ3) is 3.37. The zero-order chi connectivity index (χ0) is 18.0. The highest BCUT2D eigenvalue weighted by Gasteiger charge is 2.52. The first kappa shape index (κ1) is 18.1. The number of hydrogen-bond donors (Lipinski definition) is 0. The van der Waals surface area contributed by atoms with Gasteiger partial charge in [0.1, 0.15) is 5.82 Å². The topological polar surface area (TPSA) is 54.9 Å². The Morgan fingerprint density at radius 2 is 2.16 bits per heavy atom. The van der Waals surface area contributed by atoms with E-state index in [1.165, 1.54) is 0 Å². The molecule has 1 amide bonds. The summed E-state index contributed by atoms with van der Waals surface area (Å²) in [4.78, 5) is 21.7. The lowest BCUT2D eigenvalue weighted by molar-refractivity contribution is -0.136. The molecular weight excluding hydrogens is 318 g/mol. The predicted molar refractivity (Wildman–Crippen MR) is 97.0 cm³/mol. The van der Waals surface area contributed by atoms with Crippen molar-refractivity contribution in [2.24, 2.45) is 5.41 Å². The van der Waals surface area contributed by atoms with Crippen LogP contribution in [0.2, 0.25) is 0 Å². The number of rotatable bonds is 5. The van der Waals surface area contributed by atoms with Gasteiger partial charge in [-0.25, -0.2) is 4.98 Å². The number of hydrogen-bond acceptors (Lipinski definition) is 5. The fourth-order valence-electron chi connectivity index (χ4n) is 3.93. The first-order chi connectivity index (χ1) is 12.0. The molecule has 0 spiro atoms. The summed E-state index contributed by atoms with van der Waals surface area (Å²) in [5.74, 6) is 0.795. The number of amides is 1. The van der Waals surface area contributed by atoms with Gasteiger partial charge in [0.25, 0.3) is 5.91 Å². The van der Waals surface area contributed by atoms with Gasteiger partial charge in [0.05, 0.1) is 24.9 Å². The van der Waals surface area contributed by atoms with E-state index in [1.54, 1.807) is 6.20 Å². The molecule has 1 saturated carbocycles. The van der Waals surface area contributed by atoms with E-state index >= 15 is 0 Å². The van der Waals surface area contributed by atoms with E-state index in [0.29, 0.717) is 25.4 Å². The van der Waals surface area contributed by atoms with Crippen molar-refractivity contribution in [2.75, 3.05) is 44.9 Å². The van der Waals surface area contributed by atoms with E-state index in [2.05, 4.69) is 23.7 Å². The second-order valence-electron chi connectivity index (χ2n) is 7.41. The summed E-state index contributed by atoms with van der Waals surface area (Å²) >= 11 is 0. The van der Waals surface area contributed by atoms with Crippen LogP contribution in [0.3, 0.4) is 0 Å². The van der Waals surface area contributed by atoms with Gasteiger partial charge in [-0.2, -0.15) is 0 Å². The number of nitrogens with zero attached hydrogens (tertiary/aromatic N) is 3. The molecule has 2 fully saturated rings. The summed E-state index contributed by atoms with van der Waals surface area (Å²) in [7, 11) is 1.90. The van der Waals surface area contributed by atoms with Crippen LogP contribution < -0.4 is 4.90 Å². The molecule has 2 aliphatic rings. The zero-order valence-corrected chi connectivity index (χ0v) is 15.7. The van der Waals surface area contributed by atoms with E-state index in [4.69, 9.17) is 9.47 Å². The molecule has 0 N–H and O–H groups in total.